The lowest BCUT2D eigenvalue weighted by molar-refractivity contribution is -0.112. The first-order valence-corrected chi connectivity index (χ1v) is 10.0. The maximum absolute atomic E-state index is 12.4. The number of hydrogen-bond acceptors (Lipinski definition) is 4. The Morgan fingerprint density at radius 1 is 1.06 bits per heavy atom. The first kappa shape index (κ1) is 22.9. The normalized spacial score (nSPS) is 10.8. The molecule has 0 aliphatic carbocycles. The summed E-state index contributed by atoms with van der Waals surface area (Å²) in [5, 5.41) is 21.7. The Bertz CT molecular complexity index is 1230. The Morgan fingerprint density at radius 2 is 1.81 bits per heavy atom. The Balaban J connectivity index is 1.66. The van der Waals surface area contributed by atoms with Crippen LogP contribution >= 0.6 is 23.2 Å². The molecule has 1 amide bonds. The molecule has 6 nitrogen and oxygen atoms in total. The number of amides is 1. The van der Waals surface area contributed by atoms with Gasteiger partial charge in [-0.2, -0.15) is 5.26 Å². The summed E-state index contributed by atoms with van der Waals surface area (Å²) >= 11 is 11.9. The van der Waals surface area contributed by atoms with Gasteiger partial charge < -0.3 is 15.2 Å². The summed E-state index contributed by atoms with van der Waals surface area (Å²) in [7, 11) is 0. The minimum absolute atomic E-state index is 0.102. The van der Waals surface area contributed by atoms with Crippen molar-refractivity contribution in [2.75, 3.05) is 5.32 Å². The Labute approximate surface area is 194 Å². The quantitative estimate of drug-likeness (QED) is 0.337. The van der Waals surface area contributed by atoms with E-state index in [-0.39, 0.29) is 22.8 Å². The van der Waals surface area contributed by atoms with Gasteiger partial charge in [-0.15, -0.1) is 0 Å². The van der Waals surface area contributed by atoms with Crippen LogP contribution in [0, 0.1) is 11.3 Å². The van der Waals surface area contributed by atoms with Gasteiger partial charge in [0, 0.05) is 5.02 Å². The predicted octanol–water partition coefficient (Wildman–Crippen LogP) is 5.82. The van der Waals surface area contributed by atoms with Crippen molar-refractivity contribution in [2.24, 2.45) is 0 Å². The van der Waals surface area contributed by atoms with E-state index in [0.29, 0.717) is 22.0 Å². The molecule has 0 aromatic heterocycles. The summed E-state index contributed by atoms with van der Waals surface area (Å²) in [4.78, 5) is 23.5. The molecule has 0 saturated carbocycles. The van der Waals surface area contributed by atoms with E-state index in [9.17, 15) is 14.9 Å². The number of hydrogen-bond donors (Lipinski definition) is 2. The third-order valence-corrected chi connectivity index (χ3v) is 4.86. The van der Waals surface area contributed by atoms with Gasteiger partial charge in [-0.1, -0.05) is 47.5 Å². The van der Waals surface area contributed by atoms with Crippen molar-refractivity contribution in [3.63, 3.8) is 0 Å². The van der Waals surface area contributed by atoms with Crippen LogP contribution in [0.2, 0.25) is 10.0 Å². The van der Waals surface area contributed by atoms with Gasteiger partial charge in [-0.3, -0.25) is 4.79 Å². The van der Waals surface area contributed by atoms with E-state index in [1.807, 2.05) is 6.07 Å². The fourth-order valence-corrected chi connectivity index (χ4v) is 3.17. The maximum atomic E-state index is 12.4. The zero-order valence-electron chi connectivity index (χ0n) is 16.5. The third kappa shape index (κ3) is 6.11. The van der Waals surface area contributed by atoms with Crippen molar-refractivity contribution in [3.8, 4) is 11.8 Å². The van der Waals surface area contributed by atoms with Crippen LogP contribution in [0.15, 0.2) is 72.3 Å². The number of nitrogens with one attached hydrogen (secondary N) is 1. The van der Waals surface area contributed by atoms with E-state index < -0.39 is 11.9 Å². The van der Waals surface area contributed by atoms with Crippen molar-refractivity contribution >= 4 is 46.8 Å². The summed E-state index contributed by atoms with van der Waals surface area (Å²) in [6.45, 7) is 0.198. The SMILES string of the molecule is N#C/C(=C/c1ccc(OCc2cccc(C(=O)O)c2)cc1)C(=O)Nc1ccc(Cl)cc1Cl. The van der Waals surface area contributed by atoms with E-state index in [0.717, 1.165) is 5.56 Å². The van der Waals surface area contributed by atoms with Gasteiger partial charge in [0.2, 0.25) is 0 Å². The average molecular weight is 467 g/mol. The van der Waals surface area contributed by atoms with Crippen LogP contribution in [0.5, 0.6) is 5.75 Å². The Kier molecular flexibility index (Phi) is 7.50. The highest BCUT2D eigenvalue weighted by Crippen LogP contribution is 2.26. The predicted molar refractivity (Wildman–Crippen MR) is 123 cm³/mol. The van der Waals surface area contributed by atoms with Crippen LogP contribution in [0.3, 0.4) is 0 Å². The zero-order valence-corrected chi connectivity index (χ0v) is 18.0. The minimum atomic E-state index is -1.00. The first-order valence-electron chi connectivity index (χ1n) is 9.29. The molecule has 32 heavy (non-hydrogen) atoms. The number of carboxylic acid groups (broad SMARTS) is 1. The molecule has 0 bridgehead atoms. The maximum Gasteiger partial charge on any atom is 0.335 e. The van der Waals surface area contributed by atoms with Gasteiger partial charge in [0.1, 0.15) is 24.0 Å². The highest BCUT2D eigenvalue weighted by molar-refractivity contribution is 6.36. The topological polar surface area (TPSA) is 99.4 Å². The highest BCUT2D eigenvalue weighted by atomic mass is 35.5. The number of anilines is 1. The van der Waals surface area contributed by atoms with Crippen LogP contribution in [-0.2, 0) is 11.4 Å². The van der Waals surface area contributed by atoms with Crippen molar-refractivity contribution in [3.05, 3.63) is 99.0 Å². The van der Waals surface area contributed by atoms with Crippen LogP contribution in [0.25, 0.3) is 6.08 Å². The molecular weight excluding hydrogens is 451 g/mol. The summed E-state index contributed by atoms with van der Waals surface area (Å²) in [6, 6.07) is 19.8. The number of carbonyl (C=O) groups is 2. The summed E-state index contributed by atoms with van der Waals surface area (Å²) in [6.07, 6.45) is 1.44. The number of rotatable bonds is 7. The van der Waals surface area contributed by atoms with E-state index in [1.54, 1.807) is 54.6 Å². The van der Waals surface area contributed by atoms with Crippen LogP contribution < -0.4 is 10.1 Å². The molecule has 3 aromatic carbocycles. The Hall–Kier alpha value is -3.79. The average Bonchev–Trinajstić information content (AvgIpc) is 2.78. The second kappa shape index (κ2) is 10.5. The zero-order chi connectivity index (χ0) is 23.1. The second-order valence-corrected chi connectivity index (χ2v) is 7.45. The van der Waals surface area contributed by atoms with E-state index >= 15 is 0 Å². The second-order valence-electron chi connectivity index (χ2n) is 6.61. The van der Waals surface area contributed by atoms with Crippen molar-refractivity contribution < 1.29 is 19.4 Å². The van der Waals surface area contributed by atoms with Gasteiger partial charge in [0.25, 0.3) is 5.91 Å². The molecule has 8 heteroatoms. The van der Waals surface area contributed by atoms with Crippen LogP contribution in [-0.4, -0.2) is 17.0 Å². The highest BCUT2D eigenvalue weighted by Gasteiger charge is 2.12. The number of nitriles is 1. The fourth-order valence-electron chi connectivity index (χ4n) is 2.72. The minimum Gasteiger partial charge on any atom is -0.489 e. The van der Waals surface area contributed by atoms with Crippen molar-refractivity contribution in [1.82, 2.24) is 0 Å². The molecule has 0 heterocycles. The number of ether oxygens (including phenoxy) is 1. The third-order valence-electron chi connectivity index (χ3n) is 4.31. The largest absolute Gasteiger partial charge is 0.489 e. The van der Waals surface area contributed by atoms with Gasteiger partial charge in [0.05, 0.1) is 16.3 Å². The number of halogens is 2. The van der Waals surface area contributed by atoms with Crippen LogP contribution in [0.1, 0.15) is 21.5 Å². The number of aromatic carboxylic acids is 1. The molecule has 0 saturated heterocycles. The van der Waals surface area contributed by atoms with Gasteiger partial charge in [-0.25, -0.2) is 4.79 Å². The first-order chi connectivity index (χ1) is 15.4. The van der Waals surface area contributed by atoms with Gasteiger partial charge in [0.15, 0.2) is 0 Å². The molecule has 0 unspecified atom stereocenters. The van der Waals surface area contributed by atoms with E-state index in [1.165, 1.54) is 18.2 Å². The smallest absolute Gasteiger partial charge is 0.335 e. The molecule has 0 atom stereocenters. The summed E-state index contributed by atoms with van der Waals surface area (Å²) in [5.41, 5.74) is 1.78. The fraction of sp³-hybridized carbons (Fsp3) is 0.0417. The monoisotopic (exact) mass is 466 g/mol. The number of carbonyl (C=O) groups excluding carboxylic acids is 1. The van der Waals surface area contributed by atoms with E-state index in [2.05, 4.69) is 5.32 Å². The molecule has 2 N–H and O–H groups in total. The standard InChI is InChI=1S/C24H16Cl2N2O4/c25-19-6-9-22(21(26)12-19)28-23(29)18(13-27)10-15-4-7-20(8-5-15)32-14-16-2-1-3-17(11-16)24(30)31/h1-12H,14H2,(H,28,29)(H,30,31)/b18-10-. The molecule has 0 spiro atoms. The lowest BCUT2D eigenvalue weighted by atomic mass is 10.1. The summed E-state index contributed by atoms with van der Waals surface area (Å²) < 4.78 is 5.68. The Morgan fingerprint density at radius 3 is 2.47 bits per heavy atom. The van der Waals surface area contributed by atoms with Crippen molar-refractivity contribution in [2.45, 2.75) is 6.61 Å². The summed E-state index contributed by atoms with van der Waals surface area (Å²) in [5.74, 6) is -1.05. The molecule has 0 aliphatic heterocycles. The molecule has 160 valence electrons. The lowest BCUT2D eigenvalue weighted by Crippen LogP contribution is -2.13. The number of carboxylic acids is 1. The van der Waals surface area contributed by atoms with E-state index in [4.69, 9.17) is 33.0 Å². The number of benzene rings is 3. The van der Waals surface area contributed by atoms with Crippen LogP contribution in [0.4, 0.5) is 5.69 Å². The van der Waals surface area contributed by atoms with Gasteiger partial charge in [-0.05, 0) is 59.7 Å². The molecular formula is C24H16Cl2N2O4. The molecule has 3 aromatic rings. The van der Waals surface area contributed by atoms with Gasteiger partial charge >= 0.3 is 5.97 Å². The molecule has 0 radical (unpaired) electrons. The lowest BCUT2D eigenvalue weighted by Gasteiger charge is -2.08. The van der Waals surface area contributed by atoms with Crippen molar-refractivity contribution in [1.29, 1.82) is 5.26 Å². The molecule has 3 rings (SSSR count). The number of nitrogens with zero attached hydrogens (tertiary/aromatic N) is 1. The molecule has 0 aliphatic rings. The molecule has 0 fully saturated rings.